The predicted molar refractivity (Wildman–Crippen MR) is 82.4 cm³/mol. The Morgan fingerprint density at radius 1 is 1.32 bits per heavy atom. The topological polar surface area (TPSA) is 58.6 Å². The molecule has 1 N–H and O–H groups in total. The number of H-pyrrole nitrogens is 1. The van der Waals surface area contributed by atoms with Crippen molar-refractivity contribution in [3.8, 4) is 0 Å². The average molecular weight is 315 g/mol. The van der Waals surface area contributed by atoms with E-state index in [1.807, 2.05) is 12.1 Å². The summed E-state index contributed by atoms with van der Waals surface area (Å²) in [6.07, 6.45) is 4.52. The first-order chi connectivity index (χ1) is 10.7. The van der Waals surface area contributed by atoms with Crippen LogP contribution < -0.4 is 0 Å². The van der Waals surface area contributed by atoms with Crippen LogP contribution in [0.3, 0.4) is 0 Å². The number of aromatic nitrogens is 3. The van der Waals surface area contributed by atoms with Gasteiger partial charge in [0.05, 0.1) is 32.8 Å². The van der Waals surface area contributed by atoms with Crippen molar-refractivity contribution in [1.82, 2.24) is 15.0 Å². The maximum absolute atomic E-state index is 13.3. The van der Waals surface area contributed by atoms with Gasteiger partial charge in [-0.1, -0.05) is 6.07 Å². The molecule has 0 bridgehead atoms. The Balaban J connectivity index is 1.75. The molecule has 1 aromatic carbocycles. The summed E-state index contributed by atoms with van der Waals surface area (Å²) in [5.41, 5.74) is 3.26. The number of hydrogen-bond acceptors (Lipinski definition) is 3. The summed E-state index contributed by atoms with van der Waals surface area (Å²) in [6, 6.07) is 8.27. The van der Waals surface area contributed by atoms with Crippen molar-refractivity contribution in [2.45, 2.75) is 29.7 Å². The van der Waals surface area contributed by atoms with Crippen molar-refractivity contribution < 1.29 is 8.60 Å². The number of pyridine rings is 1. The largest absolute Gasteiger partial charge is 0.331 e. The number of fused-ring (bicyclic) bond motifs is 2. The highest BCUT2D eigenvalue weighted by molar-refractivity contribution is 7.85. The summed E-state index contributed by atoms with van der Waals surface area (Å²) in [6.45, 7) is 0. The van der Waals surface area contributed by atoms with Crippen LogP contribution in [-0.4, -0.2) is 19.2 Å². The lowest BCUT2D eigenvalue weighted by Crippen LogP contribution is -2.17. The van der Waals surface area contributed by atoms with Crippen molar-refractivity contribution in [2.75, 3.05) is 0 Å². The molecule has 3 aromatic rings. The van der Waals surface area contributed by atoms with Gasteiger partial charge in [-0.05, 0) is 49.1 Å². The molecule has 6 heteroatoms. The maximum Gasteiger partial charge on any atom is 0.198 e. The molecule has 2 unspecified atom stereocenters. The molecule has 0 amide bonds. The molecule has 0 radical (unpaired) electrons. The van der Waals surface area contributed by atoms with E-state index in [0.717, 1.165) is 30.5 Å². The van der Waals surface area contributed by atoms with E-state index >= 15 is 0 Å². The molecule has 1 aliphatic carbocycles. The van der Waals surface area contributed by atoms with Crippen molar-refractivity contribution in [3.05, 3.63) is 53.6 Å². The van der Waals surface area contributed by atoms with E-state index in [0.29, 0.717) is 16.2 Å². The number of nitrogens with one attached hydrogen (secondary N) is 1. The van der Waals surface area contributed by atoms with Gasteiger partial charge in [0, 0.05) is 6.20 Å². The van der Waals surface area contributed by atoms with Gasteiger partial charge in [0.2, 0.25) is 0 Å². The van der Waals surface area contributed by atoms with E-state index in [1.54, 1.807) is 12.3 Å². The molecule has 1 aliphatic rings. The first kappa shape index (κ1) is 13.6. The lowest BCUT2D eigenvalue weighted by molar-refractivity contribution is 0.614. The second kappa shape index (κ2) is 5.28. The number of aryl methyl sites for hydroxylation is 1. The van der Waals surface area contributed by atoms with Crippen LogP contribution in [0.1, 0.15) is 29.3 Å². The third-order valence-corrected chi connectivity index (χ3v) is 5.56. The Labute approximate surface area is 129 Å². The zero-order valence-corrected chi connectivity index (χ0v) is 12.6. The molecule has 4 rings (SSSR count). The van der Waals surface area contributed by atoms with Gasteiger partial charge < -0.3 is 4.98 Å². The summed E-state index contributed by atoms with van der Waals surface area (Å²) < 4.78 is 26.2. The van der Waals surface area contributed by atoms with Gasteiger partial charge in [0.1, 0.15) is 5.82 Å². The zero-order valence-electron chi connectivity index (χ0n) is 11.8. The minimum Gasteiger partial charge on any atom is -0.331 e. The third-order valence-electron chi connectivity index (χ3n) is 4.01. The van der Waals surface area contributed by atoms with Crippen LogP contribution in [0.15, 0.2) is 41.7 Å². The van der Waals surface area contributed by atoms with E-state index in [2.05, 4.69) is 15.0 Å². The van der Waals surface area contributed by atoms with Gasteiger partial charge in [-0.25, -0.2) is 9.37 Å². The predicted octanol–water partition coefficient (Wildman–Crippen LogP) is 3.28. The molecule has 22 heavy (non-hydrogen) atoms. The summed E-state index contributed by atoms with van der Waals surface area (Å²) in [5, 5.41) is 0.236. The van der Waals surface area contributed by atoms with Crippen LogP contribution in [0.25, 0.3) is 11.0 Å². The van der Waals surface area contributed by atoms with E-state index in [9.17, 15) is 8.60 Å². The zero-order chi connectivity index (χ0) is 15.1. The summed E-state index contributed by atoms with van der Waals surface area (Å²) in [4.78, 5) is 11.8. The molecule has 2 atom stereocenters. The number of rotatable bonds is 2. The Hall–Kier alpha value is -2.08. The third kappa shape index (κ3) is 2.23. The van der Waals surface area contributed by atoms with Gasteiger partial charge >= 0.3 is 0 Å². The normalized spacial score (nSPS) is 19.0. The SMILES string of the molecule is O=S(c1nc2ccc(F)cc2[nH]1)C1CCCc2cccnc21. The minimum absolute atomic E-state index is 0.157. The maximum atomic E-state index is 13.3. The number of aromatic amines is 1. The lowest BCUT2D eigenvalue weighted by atomic mass is 9.96. The molecule has 0 fully saturated rings. The first-order valence-corrected chi connectivity index (χ1v) is 8.43. The smallest absolute Gasteiger partial charge is 0.198 e. The number of nitrogens with zero attached hydrogens (tertiary/aromatic N) is 2. The van der Waals surface area contributed by atoms with Crippen LogP contribution >= 0.6 is 0 Å². The molecular formula is C16H14FN3OS. The van der Waals surface area contributed by atoms with Crippen molar-refractivity contribution in [2.24, 2.45) is 0 Å². The fourth-order valence-electron chi connectivity index (χ4n) is 2.96. The summed E-state index contributed by atoms with van der Waals surface area (Å²) in [7, 11) is -1.32. The molecule has 0 spiro atoms. The number of halogens is 1. The first-order valence-electron chi connectivity index (χ1n) is 7.22. The van der Waals surface area contributed by atoms with Crippen LogP contribution in [-0.2, 0) is 17.2 Å². The molecule has 0 saturated carbocycles. The lowest BCUT2D eigenvalue weighted by Gasteiger charge is -2.22. The fourth-order valence-corrected chi connectivity index (χ4v) is 4.43. The van der Waals surface area contributed by atoms with Crippen molar-refractivity contribution in [3.63, 3.8) is 0 Å². The minimum atomic E-state index is -1.32. The molecule has 112 valence electrons. The van der Waals surface area contributed by atoms with E-state index < -0.39 is 10.8 Å². The standard InChI is InChI=1S/C16H14FN3OS/c17-11-6-7-12-13(9-11)20-16(19-12)22(21)14-5-1-3-10-4-2-8-18-15(10)14/h2,4,6-9,14H,1,3,5H2,(H,19,20). The second-order valence-corrected chi connectivity index (χ2v) is 6.98. The number of imidazole rings is 1. The van der Waals surface area contributed by atoms with Gasteiger partial charge in [0.15, 0.2) is 5.16 Å². The highest BCUT2D eigenvalue weighted by atomic mass is 32.2. The van der Waals surface area contributed by atoms with Crippen LogP contribution in [0, 0.1) is 5.82 Å². The van der Waals surface area contributed by atoms with Gasteiger partial charge in [-0.3, -0.25) is 9.19 Å². The molecule has 2 aromatic heterocycles. The quantitative estimate of drug-likeness (QED) is 0.789. The van der Waals surface area contributed by atoms with Gasteiger partial charge in [-0.2, -0.15) is 0 Å². The van der Waals surface area contributed by atoms with Crippen molar-refractivity contribution in [1.29, 1.82) is 0 Å². The van der Waals surface area contributed by atoms with E-state index in [-0.39, 0.29) is 11.1 Å². The molecule has 0 aliphatic heterocycles. The number of benzene rings is 1. The van der Waals surface area contributed by atoms with Gasteiger partial charge in [-0.15, -0.1) is 0 Å². The molecule has 2 heterocycles. The van der Waals surface area contributed by atoms with Gasteiger partial charge in [0.25, 0.3) is 0 Å². The molecular weight excluding hydrogens is 301 g/mol. The van der Waals surface area contributed by atoms with Crippen molar-refractivity contribution >= 4 is 21.8 Å². The van der Waals surface area contributed by atoms with E-state index in [4.69, 9.17) is 0 Å². The molecule has 0 saturated heterocycles. The Kier molecular flexibility index (Phi) is 3.26. The summed E-state index contributed by atoms with van der Waals surface area (Å²) in [5.74, 6) is -0.335. The van der Waals surface area contributed by atoms with Crippen LogP contribution in [0.5, 0.6) is 0 Å². The summed E-state index contributed by atoms with van der Waals surface area (Å²) >= 11 is 0. The second-order valence-electron chi connectivity index (χ2n) is 5.43. The number of hydrogen-bond donors (Lipinski definition) is 1. The van der Waals surface area contributed by atoms with E-state index in [1.165, 1.54) is 12.1 Å². The monoisotopic (exact) mass is 315 g/mol. The van der Waals surface area contributed by atoms with Crippen LogP contribution in [0.2, 0.25) is 0 Å². The Bertz CT molecular complexity index is 877. The Morgan fingerprint density at radius 3 is 3.14 bits per heavy atom. The molecule has 4 nitrogen and oxygen atoms in total. The fraction of sp³-hybridized carbons (Fsp3) is 0.250. The van der Waals surface area contributed by atoms with Crippen LogP contribution in [0.4, 0.5) is 4.39 Å². The highest BCUT2D eigenvalue weighted by Gasteiger charge is 2.29. The Morgan fingerprint density at radius 2 is 2.23 bits per heavy atom. The highest BCUT2D eigenvalue weighted by Crippen LogP contribution is 2.34. The average Bonchev–Trinajstić information content (AvgIpc) is 2.96.